The minimum atomic E-state index is 0.101. The quantitative estimate of drug-likeness (QED) is 0.764. The van der Waals surface area contributed by atoms with Crippen LogP contribution in [0.3, 0.4) is 0 Å². The highest BCUT2D eigenvalue weighted by atomic mass is 79.9. The normalized spacial score (nSPS) is 13.1. The van der Waals surface area contributed by atoms with E-state index in [4.69, 9.17) is 5.73 Å². The predicted octanol–water partition coefficient (Wildman–Crippen LogP) is 2.78. The van der Waals surface area contributed by atoms with E-state index in [9.17, 15) is 0 Å². The Morgan fingerprint density at radius 3 is 2.55 bits per heavy atom. The Morgan fingerprint density at radius 1 is 1.45 bits per heavy atom. The maximum Gasteiger partial charge on any atom is 0.0277 e. The third-order valence-corrected chi connectivity index (χ3v) is 2.80. The highest BCUT2D eigenvalue weighted by Crippen LogP contribution is 2.24. The average molecular weight is 214 g/mol. The van der Waals surface area contributed by atoms with Crippen molar-refractivity contribution >= 4 is 15.9 Å². The molecular formula is C9H12BrN. The molecule has 1 nitrogen and oxygen atoms in total. The number of benzene rings is 1. The van der Waals surface area contributed by atoms with Crippen LogP contribution in [0.15, 0.2) is 22.7 Å². The summed E-state index contributed by atoms with van der Waals surface area (Å²) in [6.07, 6.45) is 0. The van der Waals surface area contributed by atoms with Crippen molar-refractivity contribution < 1.29 is 0 Å². The van der Waals surface area contributed by atoms with E-state index in [2.05, 4.69) is 28.9 Å². The van der Waals surface area contributed by atoms with E-state index in [-0.39, 0.29) is 6.04 Å². The zero-order valence-electron chi connectivity index (χ0n) is 6.76. The Morgan fingerprint density at radius 2 is 2.09 bits per heavy atom. The summed E-state index contributed by atoms with van der Waals surface area (Å²) in [6.45, 7) is 4.05. The third-order valence-electron chi connectivity index (χ3n) is 1.71. The fourth-order valence-electron chi connectivity index (χ4n) is 1.02. The van der Waals surface area contributed by atoms with Crippen molar-refractivity contribution in [1.82, 2.24) is 0 Å². The van der Waals surface area contributed by atoms with Gasteiger partial charge in [0.15, 0.2) is 0 Å². The van der Waals surface area contributed by atoms with Crippen LogP contribution in [0, 0.1) is 6.92 Å². The molecule has 0 amide bonds. The van der Waals surface area contributed by atoms with Crippen LogP contribution in [0.5, 0.6) is 0 Å². The zero-order valence-corrected chi connectivity index (χ0v) is 8.35. The standard InChI is InChI=1S/C9H12BrN/c1-6-4-3-5-8(7(2)11)9(6)10/h3-5,7H,11H2,1-2H3. The molecule has 1 aromatic rings. The molecule has 2 N–H and O–H groups in total. The Labute approximate surface area is 75.7 Å². The summed E-state index contributed by atoms with van der Waals surface area (Å²) in [5.41, 5.74) is 8.16. The SMILES string of the molecule is Cc1cccc(C(C)N)c1Br. The molecule has 0 aliphatic heterocycles. The summed E-state index contributed by atoms with van der Waals surface area (Å²) in [5.74, 6) is 0. The van der Waals surface area contributed by atoms with Gasteiger partial charge >= 0.3 is 0 Å². The number of rotatable bonds is 1. The van der Waals surface area contributed by atoms with Crippen LogP contribution >= 0.6 is 15.9 Å². The van der Waals surface area contributed by atoms with Crippen LogP contribution < -0.4 is 5.73 Å². The second-order valence-corrected chi connectivity index (χ2v) is 3.56. The molecule has 0 saturated heterocycles. The lowest BCUT2D eigenvalue weighted by Gasteiger charge is -2.09. The lowest BCUT2D eigenvalue weighted by Crippen LogP contribution is -2.05. The van der Waals surface area contributed by atoms with Gasteiger partial charge in [0.25, 0.3) is 0 Å². The fraction of sp³-hybridized carbons (Fsp3) is 0.333. The molecule has 0 bridgehead atoms. The second kappa shape index (κ2) is 3.37. The van der Waals surface area contributed by atoms with Gasteiger partial charge in [-0.3, -0.25) is 0 Å². The van der Waals surface area contributed by atoms with Crippen LogP contribution in [0.1, 0.15) is 24.1 Å². The van der Waals surface area contributed by atoms with E-state index in [1.165, 1.54) is 11.1 Å². The van der Waals surface area contributed by atoms with Gasteiger partial charge in [-0.2, -0.15) is 0 Å². The van der Waals surface area contributed by atoms with Crippen LogP contribution in [0.25, 0.3) is 0 Å². The molecule has 0 aliphatic carbocycles. The van der Waals surface area contributed by atoms with E-state index in [0.717, 1.165) is 4.47 Å². The molecule has 1 aromatic carbocycles. The van der Waals surface area contributed by atoms with Gasteiger partial charge in [0, 0.05) is 10.5 Å². The minimum absolute atomic E-state index is 0.101. The van der Waals surface area contributed by atoms with Crippen LogP contribution in [0.2, 0.25) is 0 Å². The molecule has 1 rings (SSSR count). The molecule has 0 heterocycles. The van der Waals surface area contributed by atoms with Crippen LogP contribution in [0.4, 0.5) is 0 Å². The van der Waals surface area contributed by atoms with Gasteiger partial charge in [0.2, 0.25) is 0 Å². The smallest absolute Gasteiger partial charge is 0.0277 e. The third kappa shape index (κ3) is 1.82. The monoisotopic (exact) mass is 213 g/mol. The molecule has 0 aromatic heterocycles. The largest absolute Gasteiger partial charge is 0.324 e. The number of nitrogens with two attached hydrogens (primary N) is 1. The Hall–Kier alpha value is -0.340. The number of hydrogen-bond acceptors (Lipinski definition) is 1. The molecule has 1 unspecified atom stereocenters. The number of halogens is 1. The molecule has 60 valence electrons. The lowest BCUT2D eigenvalue weighted by molar-refractivity contribution is 0.811. The molecule has 1 atom stereocenters. The topological polar surface area (TPSA) is 26.0 Å². The van der Waals surface area contributed by atoms with Gasteiger partial charge in [-0.25, -0.2) is 0 Å². The van der Waals surface area contributed by atoms with E-state index in [0.29, 0.717) is 0 Å². The second-order valence-electron chi connectivity index (χ2n) is 2.77. The molecule has 2 heteroatoms. The van der Waals surface area contributed by atoms with Gasteiger partial charge in [0.1, 0.15) is 0 Å². The molecular weight excluding hydrogens is 202 g/mol. The molecule has 0 radical (unpaired) electrons. The fourth-order valence-corrected chi connectivity index (χ4v) is 1.65. The van der Waals surface area contributed by atoms with Gasteiger partial charge in [-0.05, 0) is 25.0 Å². The van der Waals surface area contributed by atoms with Crippen molar-refractivity contribution in [3.05, 3.63) is 33.8 Å². The van der Waals surface area contributed by atoms with Crippen LogP contribution in [-0.2, 0) is 0 Å². The van der Waals surface area contributed by atoms with Gasteiger partial charge in [-0.15, -0.1) is 0 Å². The first kappa shape index (κ1) is 8.75. The highest BCUT2D eigenvalue weighted by molar-refractivity contribution is 9.10. The van der Waals surface area contributed by atoms with Crippen molar-refractivity contribution in [2.75, 3.05) is 0 Å². The first-order chi connectivity index (χ1) is 5.13. The average Bonchev–Trinajstić information content (AvgIpc) is 1.94. The zero-order chi connectivity index (χ0) is 8.43. The minimum Gasteiger partial charge on any atom is -0.324 e. The van der Waals surface area contributed by atoms with Crippen molar-refractivity contribution in [2.45, 2.75) is 19.9 Å². The molecule has 0 spiro atoms. The Kier molecular flexibility index (Phi) is 2.68. The summed E-state index contributed by atoms with van der Waals surface area (Å²) in [6, 6.07) is 6.24. The first-order valence-electron chi connectivity index (χ1n) is 3.63. The summed E-state index contributed by atoms with van der Waals surface area (Å²) in [5, 5.41) is 0. The highest BCUT2D eigenvalue weighted by Gasteiger charge is 2.04. The Bertz CT molecular complexity index is 256. The molecule has 11 heavy (non-hydrogen) atoms. The summed E-state index contributed by atoms with van der Waals surface area (Å²) >= 11 is 3.50. The number of aryl methyl sites for hydroxylation is 1. The van der Waals surface area contributed by atoms with Crippen molar-refractivity contribution in [2.24, 2.45) is 5.73 Å². The summed E-state index contributed by atoms with van der Waals surface area (Å²) < 4.78 is 1.13. The van der Waals surface area contributed by atoms with E-state index in [1.807, 2.05) is 19.1 Å². The predicted molar refractivity (Wildman–Crippen MR) is 51.5 cm³/mol. The van der Waals surface area contributed by atoms with Crippen LogP contribution in [-0.4, -0.2) is 0 Å². The maximum atomic E-state index is 5.75. The number of hydrogen-bond donors (Lipinski definition) is 1. The summed E-state index contributed by atoms with van der Waals surface area (Å²) in [7, 11) is 0. The van der Waals surface area contributed by atoms with Gasteiger partial charge in [-0.1, -0.05) is 34.1 Å². The van der Waals surface area contributed by atoms with Gasteiger partial charge in [0.05, 0.1) is 0 Å². The molecule has 0 saturated carbocycles. The van der Waals surface area contributed by atoms with E-state index in [1.54, 1.807) is 0 Å². The Balaban J connectivity index is 3.17. The van der Waals surface area contributed by atoms with Crippen molar-refractivity contribution in [3.8, 4) is 0 Å². The van der Waals surface area contributed by atoms with Crippen molar-refractivity contribution in [1.29, 1.82) is 0 Å². The molecule has 0 aliphatic rings. The van der Waals surface area contributed by atoms with E-state index < -0.39 is 0 Å². The summed E-state index contributed by atoms with van der Waals surface area (Å²) in [4.78, 5) is 0. The van der Waals surface area contributed by atoms with Crippen molar-refractivity contribution in [3.63, 3.8) is 0 Å². The maximum absolute atomic E-state index is 5.75. The van der Waals surface area contributed by atoms with E-state index >= 15 is 0 Å². The molecule has 0 fully saturated rings. The lowest BCUT2D eigenvalue weighted by atomic mass is 10.1. The van der Waals surface area contributed by atoms with Gasteiger partial charge < -0.3 is 5.73 Å². The first-order valence-corrected chi connectivity index (χ1v) is 4.43.